The number of hydrogen-bond acceptors (Lipinski definition) is 8. The molecule has 2 aromatic heterocycles. The van der Waals surface area contributed by atoms with Crippen molar-refractivity contribution in [2.24, 2.45) is 0 Å². The van der Waals surface area contributed by atoms with Gasteiger partial charge in [-0.3, -0.25) is 4.21 Å². The number of rotatable bonds is 7. The summed E-state index contributed by atoms with van der Waals surface area (Å²) in [6.07, 6.45) is 3.03. The zero-order valence-electron chi connectivity index (χ0n) is 21.5. The Morgan fingerprint density at radius 2 is 1.97 bits per heavy atom. The van der Waals surface area contributed by atoms with Crippen molar-refractivity contribution in [1.29, 1.82) is 0 Å². The molecule has 2 aromatic carbocycles. The zero-order valence-corrected chi connectivity index (χ0v) is 22.3. The Hall–Kier alpha value is -4.14. The van der Waals surface area contributed by atoms with E-state index in [1.54, 1.807) is 18.4 Å². The highest BCUT2D eigenvalue weighted by atomic mass is 32.2. The molecule has 2 unspecified atom stereocenters. The van der Waals surface area contributed by atoms with E-state index in [1.165, 1.54) is 20.0 Å². The predicted molar refractivity (Wildman–Crippen MR) is 147 cm³/mol. The summed E-state index contributed by atoms with van der Waals surface area (Å²) in [5.41, 5.74) is 0.726. The van der Waals surface area contributed by atoms with Crippen LogP contribution < -0.4 is 5.32 Å². The lowest BCUT2D eigenvalue weighted by Gasteiger charge is -2.09. The van der Waals surface area contributed by atoms with Crippen molar-refractivity contribution < 1.29 is 18.1 Å². The molecular formula is C27H28FN6O3S+. The molecule has 2 heterocycles. The number of halogens is 1. The van der Waals surface area contributed by atoms with E-state index in [0.717, 1.165) is 11.1 Å². The number of nitrogens with zero attached hydrogens (tertiary/aromatic N) is 5. The van der Waals surface area contributed by atoms with Gasteiger partial charge in [0.15, 0.2) is 17.3 Å². The van der Waals surface area contributed by atoms with E-state index in [9.17, 15) is 13.7 Å². The third-order valence-electron chi connectivity index (χ3n) is 5.54. The van der Waals surface area contributed by atoms with Crippen molar-refractivity contribution >= 4 is 32.8 Å². The maximum absolute atomic E-state index is 14.4. The van der Waals surface area contributed by atoms with E-state index < -0.39 is 21.1 Å². The molecule has 0 amide bonds. The van der Waals surface area contributed by atoms with Crippen molar-refractivity contribution in [2.75, 3.05) is 18.2 Å². The molecule has 38 heavy (non-hydrogen) atoms. The van der Waals surface area contributed by atoms with Crippen LogP contribution in [0.5, 0.6) is 0 Å². The molecule has 4 aromatic rings. The highest BCUT2D eigenvalue weighted by Gasteiger charge is 2.30. The topological polar surface area (TPSA) is 118 Å². The summed E-state index contributed by atoms with van der Waals surface area (Å²) < 4.78 is 32.3. The quantitative estimate of drug-likeness (QED) is 0.309. The zero-order chi connectivity index (χ0) is 27.5. The second-order valence-corrected chi connectivity index (χ2v) is 11.8. The van der Waals surface area contributed by atoms with Gasteiger partial charge in [-0.25, -0.2) is 4.39 Å². The fourth-order valence-corrected chi connectivity index (χ4v) is 4.72. The predicted octanol–water partition coefficient (Wildman–Crippen LogP) is 5.23. The molecular weight excluding hydrogens is 507 g/mol. The van der Waals surface area contributed by atoms with Gasteiger partial charge in [0.05, 0.1) is 12.8 Å². The third-order valence-corrected chi connectivity index (χ3v) is 6.93. The summed E-state index contributed by atoms with van der Waals surface area (Å²) in [5, 5.41) is 20.8. The molecule has 196 valence electrons. The molecule has 0 radical (unpaired) electrons. The molecule has 2 N–H and O–H groups in total. The molecule has 2 atom stereocenters. The van der Waals surface area contributed by atoms with E-state index in [0.29, 0.717) is 10.6 Å². The molecule has 0 aliphatic carbocycles. The van der Waals surface area contributed by atoms with Gasteiger partial charge in [0, 0.05) is 21.8 Å². The van der Waals surface area contributed by atoms with Crippen molar-refractivity contribution in [3.05, 3.63) is 76.6 Å². The monoisotopic (exact) mass is 535 g/mol. The number of alkyl halides is 1. The van der Waals surface area contributed by atoms with Crippen LogP contribution in [0.15, 0.2) is 64.0 Å². The Bertz CT molecular complexity index is 1620. The van der Waals surface area contributed by atoms with Crippen LogP contribution in [0.25, 0.3) is 16.3 Å². The average Bonchev–Trinajstić information content (AvgIpc) is 3.35. The van der Waals surface area contributed by atoms with Crippen LogP contribution in [0.3, 0.4) is 0 Å². The Balaban J connectivity index is 1.74. The van der Waals surface area contributed by atoms with E-state index in [1.807, 2.05) is 43.3 Å². The van der Waals surface area contributed by atoms with Crippen molar-refractivity contribution in [3.8, 4) is 17.5 Å². The molecule has 0 fully saturated rings. The summed E-state index contributed by atoms with van der Waals surface area (Å²) in [6, 6.07) is 17.6. The van der Waals surface area contributed by atoms with Crippen LogP contribution in [0, 0.1) is 13.0 Å². The van der Waals surface area contributed by atoms with Crippen LogP contribution in [-0.4, -0.2) is 48.2 Å². The fraction of sp³-hybridized carbons (Fsp3) is 0.259. The minimum atomic E-state index is -2.37. The first-order chi connectivity index (χ1) is 18.0. The SMILES string of the molecule is C=S(C)(=O)c1ccc(Nc2ncc(-c3nnc(C(C)(C)F)o3)c([N+]#CC(CO)c3ccccc3)n2)cc1C. The maximum Gasteiger partial charge on any atom is 0.443 e. The number of nitrogens with one attached hydrogen (secondary N) is 1. The molecule has 0 spiro atoms. The average molecular weight is 536 g/mol. The normalized spacial score (nSPS) is 13.7. The Morgan fingerprint density at radius 1 is 1.24 bits per heavy atom. The Kier molecular flexibility index (Phi) is 7.57. The summed E-state index contributed by atoms with van der Waals surface area (Å²) in [4.78, 5) is 13.9. The Morgan fingerprint density at radius 3 is 2.58 bits per heavy atom. The van der Waals surface area contributed by atoms with Crippen LogP contribution >= 0.6 is 0 Å². The summed E-state index contributed by atoms with van der Waals surface area (Å²) in [7, 11) is -2.37. The van der Waals surface area contributed by atoms with Gasteiger partial charge in [0.25, 0.3) is 11.8 Å². The van der Waals surface area contributed by atoms with Gasteiger partial charge in [0.2, 0.25) is 0 Å². The fourth-order valence-electron chi connectivity index (χ4n) is 3.63. The van der Waals surface area contributed by atoms with Crippen LogP contribution in [0.4, 0.5) is 21.8 Å². The van der Waals surface area contributed by atoms with Crippen molar-refractivity contribution in [2.45, 2.75) is 37.3 Å². The molecule has 0 aliphatic heterocycles. The highest BCUT2D eigenvalue weighted by Crippen LogP contribution is 2.32. The van der Waals surface area contributed by atoms with Crippen molar-refractivity contribution in [1.82, 2.24) is 20.2 Å². The van der Waals surface area contributed by atoms with E-state index >= 15 is 0 Å². The Labute approximate surface area is 220 Å². The molecule has 11 heteroatoms. The number of anilines is 2. The van der Waals surface area contributed by atoms with Crippen molar-refractivity contribution in [3.63, 3.8) is 0 Å². The van der Waals surface area contributed by atoms with Crippen LogP contribution in [-0.2, 0) is 15.2 Å². The lowest BCUT2D eigenvalue weighted by atomic mass is 10.0. The van der Waals surface area contributed by atoms with Crippen LogP contribution in [0.1, 0.15) is 36.8 Å². The number of aliphatic hydroxyl groups is 1. The number of benzene rings is 2. The lowest BCUT2D eigenvalue weighted by molar-refractivity contribution is 0.171. The first kappa shape index (κ1) is 26.9. The lowest BCUT2D eigenvalue weighted by Crippen LogP contribution is -2.09. The first-order valence-corrected chi connectivity index (χ1v) is 13.8. The first-order valence-electron chi connectivity index (χ1n) is 11.7. The van der Waals surface area contributed by atoms with Gasteiger partial charge in [-0.1, -0.05) is 30.3 Å². The second-order valence-electron chi connectivity index (χ2n) is 9.31. The standard InChI is InChI=1S/C27H28FN6O3S/c1-17-13-20(11-12-22(17)38(4,5)36)31-26-30-15-21(24-33-34-25(37-24)27(2,3)28)23(32-26)29-14-19(16-35)18-9-7-6-8-10-18/h6-13,15,19,35H,4,16H2,1-3,5H3,(H,30,31,32)/q+1. The van der Waals surface area contributed by atoms with E-state index in [4.69, 9.17) is 4.42 Å². The highest BCUT2D eigenvalue weighted by molar-refractivity contribution is 7.99. The smallest absolute Gasteiger partial charge is 0.417 e. The largest absolute Gasteiger partial charge is 0.443 e. The van der Waals surface area contributed by atoms with Crippen LogP contribution in [0.2, 0.25) is 0 Å². The molecule has 9 nitrogen and oxygen atoms in total. The minimum absolute atomic E-state index is 0.00793. The van der Waals surface area contributed by atoms with Gasteiger partial charge in [-0.05, 0) is 65.5 Å². The minimum Gasteiger partial charge on any atom is -0.417 e. The summed E-state index contributed by atoms with van der Waals surface area (Å²) >= 11 is 0. The number of aliphatic hydroxyl groups excluding tert-OH is 1. The molecule has 0 saturated heterocycles. The molecule has 0 bridgehead atoms. The van der Waals surface area contributed by atoms with E-state index in [-0.39, 0.29) is 35.7 Å². The molecule has 0 aliphatic rings. The van der Waals surface area contributed by atoms with Gasteiger partial charge < -0.3 is 14.8 Å². The molecule has 4 rings (SSSR count). The second kappa shape index (κ2) is 10.7. The van der Waals surface area contributed by atoms with Gasteiger partial charge in [0.1, 0.15) is 5.92 Å². The van der Waals surface area contributed by atoms with Gasteiger partial charge >= 0.3 is 11.8 Å². The van der Waals surface area contributed by atoms with E-state index in [2.05, 4.69) is 42.3 Å². The number of hydrogen-bond donors (Lipinski definition) is 2. The van der Waals surface area contributed by atoms with Gasteiger partial charge in [-0.2, -0.15) is 9.83 Å². The maximum atomic E-state index is 14.4. The third kappa shape index (κ3) is 6.22. The van der Waals surface area contributed by atoms with Gasteiger partial charge in [-0.15, -0.1) is 10.2 Å². The summed E-state index contributed by atoms with van der Waals surface area (Å²) in [5.74, 6) is 3.37. The summed E-state index contributed by atoms with van der Waals surface area (Å²) in [6.45, 7) is 4.25. The molecule has 0 saturated carbocycles. The number of aryl methyl sites for hydroxylation is 1. The number of aromatic nitrogens is 4.